The third-order valence-corrected chi connectivity index (χ3v) is 2.47. The molecule has 0 spiro atoms. The van der Waals surface area contributed by atoms with Crippen LogP contribution in [-0.4, -0.2) is 5.11 Å². The third-order valence-electron chi connectivity index (χ3n) is 1.80. The van der Waals surface area contributed by atoms with Crippen molar-refractivity contribution in [1.29, 1.82) is 0 Å². The van der Waals surface area contributed by atoms with Crippen LogP contribution in [0.3, 0.4) is 0 Å². The average molecular weight is 276 g/mol. The lowest BCUT2D eigenvalue weighted by Gasteiger charge is -2.09. The molecule has 0 heterocycles. The molecule has 0 saturated carbocycles. The highest BCUT2D eigenvalue weighted by Gasteiger charge is 2.05. The van der Waals surface area contributed by atoms with Gasteiger partial charge in [-0.2, -0.15) is 0 Å². The van der Waals surface area contributed by atoms with Crippen LogP contribution in [0.1, 0.15) is 31.4 Å². The maximum atomic E-state index is 9.64. The highest BCUT2D eigenvalue weighted by molar-refractivity contribution is 14.1. The Morgan fingerprint density at radius 3 is 2.83 bits per heavy atom. The molecule has 0 amide bonds. The number of hydrogen-bond donors (Lipinski definition) is 1. The molecule has 0 aliphatic carbocycles. The first-order valence-electron chi connectivity index (χ1n) is 4.17. The van der Waals surface area contributed by atoms with Gasteiger partial charge < -0.3 is 5.11 Å². The summed E-state index contributed by atoms with van der Waals surface area (Å²) in [7, 11) is 0. The summed E-state index contributed by atoms with van der Waals surface area (Å²) in [4.78, 5) is 0. The fraction of sp³-hybridized carbons (Fsp3) is 0.400. The van der Waals surface area contributed by atoms with E-state index in [-0.39, 0.29) is 6.10 Å². The van der Waals surface area contributed by atoms with Crippen LogP contribution in [0.15, 0.2) is 24.3 Å². The number of aliphatic hydroxyl groups excluding tert-OH is 1. The van der Waals surface area contributed by atoms with Gasteiger partial charge in [-0.1, -0.05) is 25.5 Å². The fourth-order valence-electron chi connectivity index (χ4n) is 1.15. The van der Waals surface area contributed by atoms with Gasteiger partial charge in [-0.15, -0.1) is 0 Å². The predicted molar refractivity (Wildman–Crippen MR) is 59.0 cm³/mol. The van der Waals surface area contributed by atoms with Crippen molar-refractivity contribution in [2.24, 2.45) is 0 Å². The van der Waals surface area contributed by atoms with Crippen molar-refractivity contribution in [1.82, 2.24) is 0 Å². The van der Waals surface area contributed by atoms with Gasteiger partial charge in [0.1, 0.15) is 0 Å². The van der Waals surface area contributed by atoms with Crippen molar-refractivity contribution >= 4 is 22.6 Å². The summed E-state index contributed by atoms with van der Waals surface area (Å²) >= 11 is 2.26. The van der Waals surface area contributed by atoms with Gasteiger partial charge in [0.2, 0.25) is 0 Å². The van der Waals surface area contributed by atoms with Crippen LogP contribution < -0.4 is 0 Å². The fourth-order valence-corrected chi connectivity index (χ4v) is 1.72. The molecule has 0 radical (unpaired) electrons. The monoisotopic (exact) mass is 276 g/mol. The van der Waals surface area contributed by atoms with Gasteiger partial charge in [-0.3, -0.25) is 0 Å². The first kappa shape index (κ1) is 9.99. The zero-order valence-corrected chi connectivity index (χ0v) is 9.28. The van der Waals surface area contributed by atoms with Gasteiger partial charge in [0.15, 0.2) is 0 Å². The lowest BCUT2D eigenvalue weighted by atomic mass is 10.1. The van der Waals surface area contributed by atoms with E-state index in [1.54, 1.807) is 0 Å². The lowest BCUT2D eigenvalue weighted by Crippen LogP contribution is -1.96. The summed E-state index contributed by atoms with van der Waals surface area (Å²) < 4.78 is 1.18. The summed E-state index contributed by atoms with van der Waals surface area (Å²) in [5, 5.41) is 9.64. The van der Waals surface area contributed by atoms with Crippen LogP contribution >= 0.6 is 22.6 Å². The molecule has 1 aromatic carbocycles. The normalized spacial score (nSPS) is 12.9. The summed E-state index contributed by atoms with van der Waals surface area (Å²) in [6.07, 6.45) is 1.58. The molecule has 1 rings (SSSR count). The Hall–Kier alpha value is -0.0900. The van der Waals surface area contributed by atoms with E-state index >= 15 is 0 Å². The highest BCUT2D eigenvalue weighted by Crippen LogP contribution is 2.19. The van der Waals surface area contributed by atoms with E-state index in [2.05, 4.69) is 29.5 Å². The quantitative estimate of drug-likeness (QED) is 0.841. The third kappa shape index (κ3) is 2.75. The Balaban J connectivity index is 2.73. The zero-order chi connectivity index (χ0) is 8.97. The Kier molecular flexibility index (Phi) is 4.01. The molecule has 1 nitrogen and oxygen atoms in total. The van der Waals surface area contributed by atoms with E-state index in [0.717, 1.165) is 18.4 Å². The molecular weight excluding hydrogens is 263 g/mol. The predicted octanol–water partition coefficient (Wildman–Crippen LogP) is 3.12. The van der Waals surface area contributed by atoms with Gasteiger partial charge in [-0.05, 0) is 46.7 Å². The first-order valence-corrected chi connectivity index (χ1v) is 5.25. The Labute approximate surface area is 86.9 Å². The van der Waals surface area contributed by atoms with Gasteiger partial charge in [-0.25, -0.2) is 0 Å². The maximum absolute atomic E-state index is 9.64. The molecule has 0 aliphatic heterocycles. The van der Waals surface area contributed by atoms with E-state index in [0.29, 0.717) is 0 Å². The second-order valence-corrected chi connectivity index (χ2v) is 4.11. The molecule has 1 aromatic rings. The number of halogens is 1. The SMILES string of the molecule is CCCC(O)c1cccc(I)c1. The molecule has 2 heteroatoms. The molecule has 12 heavy (non-hydrogen) atoms. The molecule has 0 saturated heterocycles. The van der Waals surface area contributed by atoms with Crippen LogP contribution in [0.25, 0.3) is 0 Å². The minimum Gasteiger partial charge on any atom is -0.388 e. The van der Waals surface area contributed by atoms with Gasteiger partial charge in [0.05, 0.1) is 6.10 Å². The Bertz CT molecular complexity index is 247. The molecule has 0 fully saturated rings. The maximum Gasteiger partial charge on any atom is 0.0790 e. The van der Waals surface area contributed by atoms with Crippen LogP contribution in [0.2, 0.25) is 0 Å². The molecule has 1 N–H and O–H groups in total. The number of aliphatic hydroxyl groups is 1. The van der Waals surface area contributed by atoms with Crippen molar-refractivity contribution in [3.63, 3.8) is 0 Å². The number of benzene rings is 1. The average Bonchev–Trinajstić information content (AvgIpc) is 2.05. The van der Waals surface area contributed by atoms with Crippen LogP contribution in [-0.2, 0) is 0 Å². The van der Waals surface area contributed by atoms with Crippen molar-refractivity contribution in [2.45, 2.75) is 25.9 Å². The van der Waals surface area contributed by atoms with E-state index < -0.39 is 0 Å². The molecule has 0 bridgehead atoms. The minimum atomic E-state index is -0.287. The minimum absolute atomic E-state index is 0.287. The standard InChI is InChI=1S/C10H13IO/c1-2-4-10(12)8-5-3-6-9(11)7-8/h3,5-7,10,12H,2,4H2,1H3. The van der Waals surface area contributed by atoms with Crippen molar-refractivity contribution in [3.8, 4) is 0 Å². The van der Waals surface area contributed by atoms with Crippen LogP contribution in [0, 0.1) is 3.57 Å². The van der Waals surface area contributed by atoms with E-state index in [9.17, 15) is 5.11 Å². The molecule has 1 atom stereocenters. The van der Waals surface area contributed by atoms with Gasteiger partial charge in [0.25, 0.3) is 0 Å². The van der Waals surface area contributed by atoms with E-state index in [4.69, 9.17) is 0 Å². The summed E-state index contributed by atoms with van der Waals surface area (Å²) in [6.45, 7) is 2.08. The topological polar surface area (TPSA) is 20.2 Å². The number of rotatable bonds is 3. The summed E-state index contributed by atoms with van der Waals surface area (Å²) in [6, 6.07) is 8.02. The Morgan fingerprint density at radius 2 is 2.25 bits per heavy atom. The van der Waals surface area contributed by atoms with Crippen molar-refractivity contribution in [3.05, 3.63) is 33.4 Å². The summed E-state index contributed by atoms with van der Waals surface area (Å²) in [5.41, 5.74) is 1.03. The molecule has 0 aliphatic rings. The molecule has 1 unspecified atom stereocenters. The number of hydrogen-bond acceptors (Lipinski definition) is 1. The summed E-state index contributed by atoms with van der Waals surface area (Å²) in [5.74, 6) is 0. The van der Waals surface area contributed by atoms with Crippen molar-refractivity contribution in [2.75, 3.05) is 0 Å². The van der Waals surface area contributed by atoms with E-state index in [1.807, 2.05) is 24.3 Å². The lowest BCUT2D eigenvalue weighted by molar-refractivity contribution is 0.166. The second kappa shape index (κ2) is 4.82. The van der Waals surface area contributed by atoms with Crippen LogP contribution in [0.5, 0.6) is 0 Å². The Morgan fingerprint density at radius 1 is 1.50 bits per heavy atom. The van der Waals surface area contributed by atoms with Crippen LogP contribution in [0.4, 0.5) is 0 Å². The first-order chi connectivity index (χ1) is 5.74. The molecular formula is C10H13IO. The molecule has 66 valence electrons. The van der Waals surface area contributed by atoms with Gasteiger partial charge >= 0.3 is 0 Å². The molecule has 0 aromatic heterocycles. The zero-order valence-electron chi connectivity index (χ0n) is 7.13. The highest BCUT2D eigenvalue weighted by atomic mass is 127. The van der Waals surface area contributed by atoms with Crippen molar-refractivity contribution < 1.29 is 5.11 Å². The second-order valence-electron chi connectivity index (χ2n) is 2.86. The van der Waals surface area contributed by atoms with Gasteiger partial charge in [0, 0.05) is 3.57 Å². The smallest absolute Gasteiger partial charge is 0.0790 e. The largest absolute Gasteiger partial charge is 0.388 e. The van der Waals surface area contributed by atoms with E-state index in [1.165, 1.54) is 3.57 Å².